The molecule has 0 aromatic heterocycles. The molecule has 0 bridgehead atoms. The second kappa shape index (κ2) is 7.89. The highest BCUT2D eigenvalue weighted by molar-refractivity contribution is 7.92. The summed E-state index contributed by atoms with van der Waals surface area (Å²) in [4.78, 5) is 24.5. The first-order valence-electron chi connectivity index (χ1n) is 8.74. The van der Waals surface area contributed by atoms with Crippen LogP contribution in [-0.4, -0.2) is 39.6 Å². The highest BCUT2D eigenvalue weighted by Crippen LogP contribution is 2.30. The van der Waals surface area contributed by atoms with Gasteiger partial charge in [0, 0.05) is 17.7 Å². The average molecular weight is 403 g/mol. The van der Waals surface area contributed by atoms with Crippen molar-refractivity contribution in [1.29, 1.82) is 0 Å². The third kappa shape index (κ3) is 4.25. The average Bonchev–Trinajstić information content (AvgIpc) is 3.10. The van der Waals surface area contributed by atoms with Crippen molar-refractivity contribution in [1.82, 2.24) is 10.9 Å². The SMILES string of the molecule is CCOc1ccc(C(=O)NNC(=O)c2ccc3c(c2)CCN3S(C)(=O)=O)cc1. The number of hydrogen-bond donors (Lipinski definition) is 2. The van der Waals surface area contributed by atoms with E-state index in [0.29, 0.717) is 42.1 Å². The molecule has 2 aromatic carbocycles. The molecule has 2 N–H and O–H groups in total. The van der Waals surface area contributed by atoms with Gasteiger partial charge in [-0.25, -0.2) is 8.42 Å². The minimum atomic E-state index is -3.34. The van der Waals surface area contributed by atoms with E-state index >= 15 is 0 Å². The van der Waals surface area contributed by atoms with Gasteiger partial charge in [0.2, 0.25) is 10.0 Å². The third-order valence-corrected chi connectivity index (χ3v) is 5.49. The van der Waals surface area contributed by atoms with Gasteiger partial charge in [-0.2, -0.15) is 0 Å². The van der Waals surface area contributed by atoms with Gasteiger partial charge in [-0.15, -0.1) is 0 Å². The lowest BCUT2D eigenvalue weighted by molar-refractivity contribution is 0.0846. The lowest BCUT2D eigenvalue weighted by Crippen LogP contribution is -2.41. The summed E-state index contributed by atoms with van der Waals surface area (Å²) in [5, 5.41) is 0. The molecule has 1 aliphatic heterocycles. The van der Waals surface area contributed by atoms with E-state index in [-0.39, 0.29) is 0 Å². The van der Waals surface area contributed by atoms with Crippen LogP contribution in [-0.2, 0) is 16.4 Å². The fraction of sp³-hybridized carbons (Fsp3) is 0.263. The van der Waals surface area contributed by atoms with Crippen LogP contribution >= 0.6 is 0 Å². The minimum Gasteiger partial charge on any atom is -0.494 e. The topological polar surface area (TPSA) is 105 Å². The van der Waals surface area contributed by atoms with Crippen molar-refractivity contribution >= 4 is 27.5 Å². The third-order valence-electron chi connectivity index (χ3n) is 4.31. The summed E-state index contributed by atoms with van der Waals surface area (Å²) in [5.41, 5.74) is 6.80. The van der Waals surface area contributed by atoms with Crippen LogP contribution in [0.4, 0.5) is 5.69 Å². The summed E-state index contributed by atoms with van der Waals surface area (Å²) < 4.78 is 30.2. The summed E-state index contributed by atoms with van der Waals surface area (Å²) in [6, 6.07) is 11.3. The maximum Gasteiger partial charge on any atom is 0.269 e. The van der Waals surface area contributed by atoms with Gasteiger partial charge in [0.15, 0.2) is 0 Å². The first-order valence-corrected chi connectivity index (χ1v) is 10.6. The first kappa shape index (κ1) is 19.7. The second-order valence-electron chi connectivity index (χ2n) is 6.29. The van der Waals surface area contributed by atoms with Gasteiger partial charge in [-0.05, 0) is 61.4 Å². The Labute approximate surface area is 163 Å². The number of carbonyl (C=O) groups excluding carboxylic acids is 2. The van der Waals surface area contributed by atoms with Crippen LogP contribution in [0.1, 0.15) is 33.2 Å². The zero-order valence-corrected chi connectivity index (χ0v) is 16.4. The Morgan fingerprint density at radius 2 is 1.64 bits per heavy atom. The number of fused-ring (bicyclic) bond motifs is 1. The molecule has 0 spiro atoms. The Balaban J connectivity index is 1.63. The molecule has 1 heterocycles. The molecule has 0 saturated heterocycles. The van der Waals surface area contributed by atoms with Crippen LogP contribution in [0.3, 0.4) is 0 Å². The maximum absolute atomic E-state index is 12.3. The van der Waals surface area contributed by atoms with Gasteiger partial charge >= 0.3 is 0 Å². The number of carbonyl (C=O) groups is 2. The van der Waals surface area contributed by atoms with Crippen LogP contribution in [0.5, 0.6) is 5.75 Å². The van der Waals surface area contributed by atoms with E-state index in [1.807, 2.05) is 6.92 Å². The molecular formula is C19H21N3O5S. The summed E-state index contributed by atoms with van der Waals surface area (Å²) in [6.45, 7) is 2.76. The number of hydrogen-bond acceptors (Lipinski definition) is 5. The predicted molar refractivity (Wildman–Crippen MR) is 105 cm³/mol. The monoisotopic (exact) mass is 403 g/mol. The Morgan fingerprint density at radius 1 is 1.04 bits per heavy atom. The van der Waals surface area contributed by atoms with E-state index in [2.05, 4.69) is 10.9 Å². The van der Waals surface area contributed by atoms with Gasteiger partial charge in [0.05, 0.1) is 18.6 Å². The van der Waals surface area contributed by atoms with E-state index in [4.69, 9.17) is 4.74 Å². The van der Waals surface area contributed by atoms with Crippen molar-refractivity contribution in [2.24, 2.45) is 0 Å². The van der Waals surface area contributed by atoms with Gasteiger partial charge < -0.3 is 4.74 Å². The maximum atomic E-state index is 12.3. The molecule has 0 radical (unpaired) electrons. The fourth-order valence-corrected chi connectivity index (χ4v) is 3.94. The highest BCUT2D eigenvalue weighted by atomic mass is 32.2. The number of sulfonamides is 1. The zero-order valence-electron chi connectivity index (χ0n) is 15.6. The van der Waals surface area contributed by atoms with Gasteiger partial charge in [-0.3, -0.25) is 24.7 Å². The predicted octanol–water partition coefficient (Wildman–Crippen LogP) is 1.48. The van der Waals surface area contributed by atoms with E-state index in [0.717, 1.165) is 11.8 Å². The summed E-state index contributed by atoms with van der Waals surface area (Å²) in [6.07, 6.45) is 1.68. The van der Waals surface area contributed by atoms with Gasteiger partial charge in [-0.1, -0.05) is 0 Å². The molecule has 0 saturated carbocycles. The molecule has 1 aliphatic rings. The normalized spacial score (nSPS) is 13.0. The first-order chi connectivity index (χ1) is 13.3. The summed E-state index contributed by atoms with van der Waals surface area (Å²) in [5.74, 6) is -0.287. The van der Waals surface area contributed by atoms with Crippen LogP contribution in [0.25, 0.3) is 0 Å². The number of rotatable bonds is 5. The Bertz CT molecular complexity index is 1000. The van der Waals surface area contributed by atoms with E-state index in [1.54, 1.807) is 36.4 Å². The molecule has 28 heavy (non-hydrogen) atoms. The number of benzene rings is 2. The minimum absolute atomic E-state index is 0.334. The molecule has 0 aliphatic carbocycles. The van der Waals surface area contributed by atoms with Crippen molar-refractivity contribution in [3.63, 3.8) is 0 Å². The molecule has 2 aromatic rings. The molecule has 8 nitrogen and oxygen atoms in total. The van der Waals surface area contributed by atoms with Crippen molar-refractivity contribution in [2.45, 2.75) is 13.3 Å². The fourth-order valence-electron chi connectivity index (χ4n) is 2.98. The molecule has 9 heteroatoms. The Morgan fingerprint density at radius 3 is 2.25 bits per heavy atom. The Hall–Kier alpha value is -3.07. The zero-order chi connectivity index (χ0) is 20.3. The smallest absolute Gasteiger partial charge is 0.269 e. The van der Waals surface area contributed by atoms with Crippen molar-refractivity contribution < 1.29 is 22.7 Å². The lowest BCUT2D eigenvalue weighted by Gasteiger charge is -2.16. The molecule has 0 unspecified atom stereocenters. The number of hydrazine groups is 1. The molecule has 0 atom stereocenters. The summed E-state index contributed by atoms with van der Waals surface area (Å²) >= 11 is 0. The number of nitrogens with zero attached hydrogens (tertiary/aromatic N) is 1. The van der Waals surface area contributed by atoms with E-state index in [9.17, 15) is 18.0 Å². The number of amides is 2. The number of anilines is 1. The van der Waals surface area contributed by atoms with Gasteiger partial charge in [0.25, 0.3) is 11.8 Å². The van der Waals surface area contributed by atoms with Crippen molar-refractivity contribution in [3.05, 3.63) is 59.2 Å². The van der Waals surface area contributed by atoms with Crippen molar-refractivity contribution in [3.8, 4) is 5.75 Å². The van der Waals surface area contributed by atoms with Gasteiger partial charge in [0.1, 0.15) is 5.75 Å². The lowest BCUT2D eigenvalue weighted by atomic mass is 10.1. The van der Waals surface area contributed by atoms with Crippen LogP contribution in [0.15, 0.2) is 42.5 Å². The largest absolute Gasteiger partial charge is 0.494 e. The highest BCUT2D eigenvalue weighted by Gasteiger charge is 2.26. The summed E-state index contributed by atoms with van der Waals surface area (Å²) in [7, 11) is -3.34. The Kier molecular flexibility index (Phi) is 5.55. The standard InChI is InChI=1S/C19H21N3O5S/c1-3-27-16-7-4-13(5-8-16)18(23)20-21-19(24)15-6-9-17-14(12-15)10-11-22(17)28(2,25)26/h4-9,12H,3,10-11H2,1-2H3,(H,20,23)(H,21,24). The molecular weight excluding hydrogens is 382 g/mol. The van der Waals surface area contributed by atoms with Crippen molar-refractivity contribution in [2.75, 3.05) is 23.7 Å². The van der Waals surface area contributed by atoms with E-state index in [1.165, 1.54) is 10.4 Å². The van der Waals surface area contributed by atoms with Crippen LogP contribution in [0, 0.1) is 0 Å². The second-order valence-corrected chi connectivity index (χ2v) is 8.20. The quantitative estimate of drug-likeness (QED) is 0.736. The van der Waals surface area contributed by atoms with Crippen LogP contribution < -0.4 is 19.9 Å². The molecule has 148 valence electrons. The molecule has 3 rings (SSSR count). The number of nitrogens with one attached hydrogen (secondary N) is 2. The van der Waals surface area contributed by atoms with E-state index < -0.39 is 21.8 Å². The molecule has 0 fully saturated rings. The number of ether oxygens (including phenoxy) is 1. The van der Waals surface area contributed by atoms with Crippen LogP contribution in [0.2, 0.25) is 0 Å². The molecule has 2 amide bonds.